The van der Waals surface area contributed by atoms with Crippen molar-refractivity contribution in [1.82, 2.24) is 5.32 Å². The number of carbonyl (C=O) groups excluding carboxylic acids is 1. The van der Waals surface area contributed by atoms with Crippen molar-refractivity contribution >= 4 is 32.8 Å². The molecule has 1 saturated carbocycles. The lowest BCUT2D eigenvalue weighted by molar-refractivity contribution is 0.0906. The van der Waals surface area contributed by atoms with Crippen LogP contribution in [0.5, 0.6) is 0 Å². The van der Waals surface area contributed by atoms with E-state index in [1.165, 1.54) is 25.7 Å². The van der Waals surface area contributed by atoms with E-state index in [1.807, 2.05) is 25.1 Å². The highest BCUT2D eigenvalue weighted by molar-refractivity contribution is 9.10. The predicted molar refractivity (Wildman–Crippen MR) is 87.6 cm³/mol. The highest BCUT2D eigenvalue weighted by Gasteiger charge is 2.21. The van der Waals surface area contributed by atoms with Crippen molar-refractivity contribution in [3.63, 3.8) is 0 Å². The molecule has 1 aliphatic carbocycles. The monoisotopic (exact) mass is 349 g/mol. The molecule has 1 N–H and O–H groups in total. The molecule has 112 valence electrons. The quantitative estimate of drug-likeness (QED) is 0.778. The molecule has 1 fully saturated rings. The summed E-state index contributed by atoms with van der Waals surface area (Å²) in [5, 5.41) is 4.14. The number of furan rings is 1. The summed E-state index contributed by atoms with van der Waals surface area (Å²) in [5.41, 5.74) is 1.68. The minimum atomic E-state index is -0.0771. The number of fused-ring (bicyclic) bond motifs is 1. The predicted octanol–water partition coefficient (Wildman–Crippen LogP) is 4.96. The minimum Gasteiger partial charge on any atom is -0.451 e. The van der Waals surface area contributed by atoms with E-state index in [2.05, 4.69) is 21.2 Å². The molecule has 0 aliphatic heterocycles. The number of hydrogen-bond acceptors (Lipinski definition) is 2. The molecule has 0 bridgehead atoms. The standard InChI is InChI=1S/C17H20BrNO2/c1-11-14-10-12(18)8-9-15(14)21-16(11)17(20)19-13-6-4-2-3-5-7-13/h8-10,13H,2-7H2,1H3,(H,19,20). The van der Waals surface area contributed by atoms with Gasteiger partial charge in [-0.1, -0.05) is 41.6 Å². The zero-order chi connectivity index (χ0) is 14.8. The molecule has 0 spiro atoms. The molecule has 0 atom stereocenters. The number of nitrogens with one attached hydrogen (secondary N) is 1. The second kappa shape index (κ2) is 6.22. The summed E-state index contributed by atoms with van der Waals surface area (Å²) in [4.78, 5) is 12.5. The fourth-order valence-corrected chi connectivity index (χ4v) is 3.45. The molecular weight excluding hydrogens is 330 g/mol. The van der Waals surface area contributed by atoms with Crippen LogP contribution in [0, 0.1) is 6.92 Å². The van der Waals surface area contributed by atoms with Crippen molar-refractivity contribution in [3.05, 3.63) is 34.0 Å². The zero-order valence-electron chi connectivity index (χ0n) is 12.2. The van der Waals surface area contributed by atoms with Gasteiger partial charge in [-0.15, -0.1) is 0 Å². The highest BCUT2D eigenvalue weighted by atomic mass is 79.9. The molecule has 4 heteroatoms. The largest absolute Gasteiger partial charge is 0.451 e. The van der Waals surface area contributed by atoms with E-state index in [0.29, 0.717) is 11.8 Å². The van der Waals surface area contributed by atoms with Crippen LogP contribution in [0.2, 0.25) is 0 Å². The Morgan fingerprint density at radius 3 is 2.67 bits per heavy atom. The molecule has 0 saturated heterocycles. The lowest BCUT2D eigenvalue weighted by Gasteiger charge is -2.15. The van der Waals surface area contributed by atoms with Crippen LogP contribution in [0.25, 0.3) is 11.0 Å². The Bertz CT molecular complexity index is 654. The summed E-state index contributed by atoms with van der Waals surface area (Å²) in [7, 11) is 0. The van der Waals surface area contributed by atoms with Gasteiger partial charge < -0.3 is 9.73 Å². The summed E-state index contributed by atoms with van der Waals surface area (Å²) in [6.45, 7) is 1.94. The van der Waals surface area contributed by atoms with Gasteiger partial charge in [-0.2, -0.15) is 0 Å². The van der Waals surface area contributed by atoms with E-state index in [-0.39, 0.29) is 5.91 Å². The summed E-state index contributed by atoms with van der Waals surface area (Å²) in [6, 6.07) is 6.11. The van der Waals surface area contributed by atoms with Crippen molar-refractivity contribution in [2.24, 2.45) is 0 Å². The van der Waals surface area contributed by atoms with Crippen LogP contribution in [0.4, 0.5) is 0 Å². The summed E-state index contributed by atoms with van der Waals surface area (Å²) in [6.07, 6.45) is 7.13. The molecule has 1 aromatic heterocycles. The number of rotatable bonds is 2. The van der Waals surface area contributed by atoms with Gasteiger partial charge in [0.25, 0.3) is 5.91 Å². The Kier molecular flexibility index (Phi) is 4.34. The van der Waals surface area contributed by atoms with Crippen molar-refractivity contribution in [1.29, 1.82) is 0 Å². The molecule has 2 aromatic rings. The lowest BCUT2D eigenvalue weighted by Crippen LogP contribution is -2.34. The van der Waals surface area contributed by atoms with Crippen LogP contribution in [0.1, 0.15) is 54.6 Å². The first-order valence-electron chi connectivity index (χ1n) is 7.64. The van der Waals surface area contributed by atoms with Crippen LogP contribution in [0.15, 0.2) is 27.1 Å². The Balaban J connectivity index is 1.82. The Hall–Kier alpha value is -1.29. The molecule has 3 nitrogen and oxygen atoms in total. The maximum Gasteiger partial charge on any atom is 0.287 e. The number of halogens is 1. The molecule has 1 amide bonds. The average Bonchev–Trinajstić information content (AvgIpc) is 2.65. The fraction of sp³-hybridized carbons (Fsp3) is 0.471. The number of carbonyl (C=O) groups is 1. The third-order valence-corrected chi connectivity index (χ3v) is 4.79. The van der Waals surface area contributed by atoms with Gasteiger partial charge in [0.2, 0.25) is 0 Å². The second-order valence-electron chi connectivity index (χ2n) is 5.86. The number of amides is 1. The Morgan fingerprint density at radius 2 is 1.95 bits per heavy atom. The maximum absolute atomic E-state index is 12.5. The van der Waals surface area contributed by atoms with E-state index >= 15 is 0 Å². The van der Waals surface area contributed by atoms with Gasteiger partial charge in [-0.3, -0.25) is 4.79 Å². The topological polar surface area (TPSA) is 42.2 Å². The number of aryl methyl sites for hydroxylation is 1. The van der Waals surface area contributed by atoms with E-state index in [4.69, 9.17) is 4.42 Å². The van der Waals surface area contributed by atoms with E-state index in [0.717, 1.165) is 33.8 Å². The smallest absolute Gasteiger partial charge is 0.287 e. The van der Waals surface area contributed by atoms with Crippen LogP contribution in [-0.2, 0) is 0 Å². The van der Waals surface area contributed by atoms with Crippen molar-refractivity contribution in [3.8, 4) is 0 Å². The molecule has 1 aromatic carbocycles. The van der Waals surface area contributed by atoms with Gasteiger partial charge in [0.1, 0.15) is 5.58 Å². The third-order valence-electron chi connectivity index (χ3n) is 4.29. The molecule has 1 heterocycles. The number of hydrogen-bond donors (Lipinski definition) is 1. The average molecular weight is 350 g/mol. The van der Waals surface area contributed by atoms with Crippen LogP contribution in [-0.4, -0.2) is 11.9 Å². The van der Waals surface area contributed by atoms with Gasteiger partial charge in [-0.05, 0) is 38.0 Å². The molecule has 0 radical (unpaired) electrons. The first-order valence-corrected chi connectivity index (χ1v) is 8.44. The lowest BCUT2D eigenvalue weighted by atomic mass is 10.1. The van der Waals surface area contributed by atoms with Crippen molar-refractivity contribution in [2.75, 3.05) is 0 Å². The fourth-order valence-electron chi connectivity index (χ4n) is 3.08. The molecule has 3 rings (SSSR count). The van der Waals surface area contributed by atoms with E-state index in [9.17, 15) is 4.79 Å². The Labute approximate surface area is 133 Å². The van der Waals surface area contributed by atoms with Crippen LogP contribution < -0.4 is 5.32 Å². The van der Waals surface area contributed by atoms with Gasteiger partial charge in [0, 0.05) is 21.5 Å². The second-order valence-corrected chi connectivity index (χ2v) is 6.77. The van der Waals surface area contributed by atoms with Gasteiger partial charge in [-0.25, -0.2) is 0 Å². The highest BCUT2D eigenvalue weighted by Crippen LogP contribution is 2.28. The first kappa shape index (κ1) is 14.6. The van der Waals surface area contributed by atoms with Crippen LogP contribution in [0.3, 0.4) is 0 Å². The summed E-state index contributed by atoms with van der Waals surface area (Å²) < 4.78 is 6.75. The minimum absolute atomic E-state index is 0.0771. The maximum atomic E-state index is 12.5. The first-order chi connectivity index (χ1) is 10.1. The Morgan fingerprint density at radius 1 is 1.24 bits per heavy atom. The van der Waals surface area contributed by atoms with E-state index < -0.39 is 0 Å². The molecule has 21 heavy (non-hydrogen) atoms. The third kappa shape index (κ3) is 3.15. The van der Waals surface area contributed by atoms with Crippen molar-refractivity contribution < 1.29 is 9.21 Å². The normalized spacial score (nSPS) is 16.9. The van der Waals surface area contributed by atoms with Gasteiger partial charge >= 0.3 is 0 Å². The van der Waals surface area contributed by atoms with Crippen molar-refractivity contribution in [2.45, 2.75) is 51.5 Å². The molecular formula is C17H20BrNO2. The molecule has 1 aliphatic rings. The van der Waals surface area contributed by atoms with Gasteiger partial charge in [0.15, 0.2) is 5.76 Å². The summed E-state index contributed by atoms with van der Waals surface area (Å²) >= 11 is 3.46. The SMILES string of the molecule is Cc1c(C(=O)NC2CCCCCC2)oc2ccc(Br)cc12. The molecule has 0 unspecified atom stereocenters. The number of benzene rings is 1. The van der Waals surface area contributed by atoms with Crippen LogP contribution >= 0.6 is 15.9 Å². The summed E-state index contributed by atoms with van der Waals surface area (Å²) in [5.74, 6) is 0.374. The zero-order valence-corrected chi connectivity index (χ0v) is 13.8. The van der Waals surface area contributed by atoms with Gasteiger partial charge in [0.05, 0.1) is 0 Å². The van der Waals surface area contributed by atoms with E-state index in [1.54, 1.807) is 0 Å².